The minimum Gasteiger partial charge on any atom is -0.497 e. The monoisotopic (exact) mass is 343 g/mol. The van der Waals surface area contributed by atoms with E-state index in [0.717, 1.165) is 5.69 Å². The molecule has 7 heteroatoms. The van der Waals surface area contributed by atoms with Gasteiger partial charge in [0, 0.05) is 25.0 Å². The molecule has 3 rings (SSSR count). The summed E-state index contributed by atoms with van der Waals surface area (Å²) in [5.74, 6) is 1.10. The lowest BCUT2D eigenvalue weighted by Gasteiger charge is -2.07. The molecule has 1 aliphatic rings. The van der Waals surface area contributed by atoms with Gasteiger partial charge in [-0.3, -0.25) is 4.79 Å². The van der Waals surface area contributed by atoms with Crippen LogP contribution in [0.2, 0.25) is 0 Å². The van der Waals surface area contributed by atoms with Gasteiger partial charge in [-0.25, -0.2) is 4.99 Å². The summed E-state index contributed by atoms with van der Waals surface area (Å²) in [7, 11) is 5.09. The van der Waals surface area contributed by atoms with E-state index in [-0.39, 0.29) is 5.91 Å². The number of carbonyl (C=O) groups is 1. The van der Waals surface area contributed by atoms with Crippen LogP contribution in [0.1, 0.15) is 5.69 Å². The third kappa shape index (κ3) is 3.30. The number of aliphatic imine (C=N–C) groups is 1. The SMILES string of the molecule is COc1ccc(N=C2NC(=O)/C(=C\c3cccn3C)S2)c(OC)c1. The molecule has 0 atom stereocenters. The maximum absolute atomic E-state index is 12.1. The van der Waals surface area contributed by atoms with Crippen molar-refractivity contribution in [2.45, 2.75) is 0 Å². The van der Waals surface area contributed by atoms with E-state index in [9.17, 15) is 4.79 Å². The zero-order chi connectivity index (χ0) is 17.1. The number of hydrogen-bond donors (Lipinski definition) is 1. The molecule has 0 saturated carbocycles. The van der Waals surface area contributed by atoms with E-state index in [0.29, 0.717) is 27.3 Å². The Morgan fingerprint density at radius 1 is 1.25 bits per heavy atom. The molecule has 1 aromatic carbocycles. The predicted molar refractivity (Wildman–Crippen MR) is 95.8 cm³/mol. The van der Waals surface area contributed by atoms with Gasteiger partial charge in [0.15, 0.2) is 5.17 Å². The molecular formula is C17H17N3O3S. The fourth-order valence-electron chi connectivity index (χ4n) is 2.23. The van der Waals surface area contributed by atoms with Crippen LogP contribution in [0, 0.1) is 0 Å². The number of aryl methyl sites for hydroxylation is 1. The Morgan fingerprint density at radius 3 is 2.75 bits per heavy atom. The van der Waals surface area contributed by atoms with E-state index in [4.69, 9.17) is 9.47 Å². The fraction of sp³-hybridized carbons (Fsp3) is 0.176. The third-order valence-electron chi connectivity index (χ3n) is 3.52. The summed E-state index contributed by atoms with van der Waals surface area (Å²) in [6.45, 7) is 0. The van der Waals surface area contributed by atoms with Crippen LogP contribution in [0.25, 0.3) is 6.08 Å². The first kappa shape index (κ1) is 16.2. The molecule has 0 radical (unpaired) electrons. The largest absolute Gasteiger partial charge is 0.497 e. The number of amides is 1. The molecule has 1 N–H and O–H groups in total. The van der Waals surface area contributed by atoms with Crippen molar-refractivity contribution in [1.82, 2.24) is 9.88 Å². The first-order valence-corrected chi connectivity index (χ1v) is 8.05. The highest BCUT2D eigenvalue weighted by molar-refractivity contribution is 8.18. The van der Waals surface area contributed by atoms with E-state index in [1.54, 1.807) is 32.4 Å². The number of methoxy groups -OCH3 is 2. The number of nitrogens with one attached hydrogen (secondary N) is 1. The lowest BCUT2D eigenvalue weighted by Crippen LogP contribution is -2.19. The van der Waals surface area contributed by atoms with E-state index in [1.165, 1.54) is 11.8 Å². The van der Waals surface area contributed by atoms with Crippen LogP contribution in [-0.2, 0) is 11.8 Å². The van der Waals surface area contributed by atoms with Gasteiger partial charge < -0.3 is 19.4 Å². The van der Waals surface area contributed by atoms with Crippen molar-refractivity contribution < 1.29 is 14.3 Å². The highest BCUT2D eigenvalue weighted by atomic mass is 32.2. The van der Waals surface area contributed by atoms with Crippen molar-refractivity contribution in [2.24, 2.45) is 12.0 Å². The average Bonchev–Trinajstić information content (AvgIpc) is 3.14. The van der Waals surface area contributed by atoms with Gasteiger partial charge in [0.05, 0.1) is 19.1 Å². The Balaban J connectivity index is 1.87. The number of aromatic nitrogens is 1. The van der Waals surface area contributed by atoms with E-state index in [2.05, 4.69) is 10.3 Å². The molecule has 6 nitrogen and oxygen atoms in total. The number of benzene rings is 1. The van der Waals surface area contributed by atoms with E-state index < -0.39 is 0 Å². The number of rotatable bonds is 4. The minimum absolute atomic E-state index is 0.160. The molecule has 1 aliphatic heterocycles. The summed E-state index contributed by atoms with van der Waals surface area (Å²) in [4.78, 5) is 17.2. The van der Waals surface area contributed by atoms with Gasteiger partial charge in [-0.1, -0.05) is 0 Å². The van der Waals surface area contributed by atoms with Gasteiger partial charge in [-0.2, -0.15) is 0 Å². The topological polar surface area (TPSA) is 64.8 Å². The smallest absolute Gasteiger partial charge is 0.264 e. The Morgan fingerprint density at radius 2 is 2.08 bits per heavy atom. The molecule has 0 unspecified atom stereocenters. The summed E-state index contributed by atoms with van der Waals surface area (Å²) in [6, 6.07) is 9.21. The van der Waals surface area contributed by atoms with E-state index in [1.807, 2.05) is 36.0 Å². The Hall–Kier alpha value is -2.67. The first-order chi connectivity index (χ1) is 11.6. The lowest BCUT2D eigenvalue weighted by molar-refractivity contribution is -0.115. The predicted octanol–water partition coefficient (Wildman–Crippen LogP) is 2.93. The number of amidine groups is 1. The number of carbonyl (C=O) groups excluding carboxylic acids is 1. The Bertz CT molecular complexity index is 839. The first-order valence-electron chi connectivity index (χ1n) is 7.23. The normalized spacial score (nSPS) is 17.4. The molecule has 2 aromatic rings. The number of thioether (sulfide) groups is 1. The second-order valence-corrected chi connectivity index (χ2v) is 6.09. The zero-order valence-corrected chi connectivity index (χ0v) is 14.4. The van der Waals surface area contributed by atoms with E-state index >= 15 is 0 Å². The number of nitrogens with zero attached hydrogens (tertiary/aromatic N) is 2. The molecule has 124 valence electrons. The molecule has 1 saturated heterocycles. The van der Waals surface area contributed by atoms with Crippen molar-refractivity contribution in [3.63, 3.8) is 0 Å². The molecule has 0 spiro atoms. The van der Waals surface area contributed by atoms with Gasteiger partial charge in [-0.15, -0.1) is 0 Å². The Kier molecular flexibility index (Phi) is 4.61. The Labute approximate surface area is 144 Å². The van der Waals surface area contributed by atoms with Crippen molar-refractivity contribution in [3.05, 3.63) is 47.1 Å². The minimum atomic E-state index is -0.160. The zero-order valence-electron chi connectivity index (χ0n) is 13.6. The van der Waals surface area contributed by atoms with Crippen molar-refractivity contribution in [1.29, 1.82) is 0 Å². The van der Waals surface area contributed by atoms with Crippen LogP contribution in [0.15, 0.2) is 46.4 Å². The van der Waals surface area contributed by atoms with Crippen molar-refractivity contribution >= 4 is 34.6 Å². The number of hydrogen-bond acceptors (Lipinski definition) is 5. The van der Waals surface area contributed by atoms with Crippen LogP contribution >= 0.6 is 11.8 Å². The molecule has 1 aromatic heterocycles. The van der Waals surface area contributed by atoms with Crippen LogP contribution in [0.5, 0.6) is 11.5 Å². The summed E-state index contributed by atoms with van der Waals surface area (Å²) in [6.07, 6.45) is 3.77. The summed E-state index contributed by atoms with van der Waals surface area (Å²) in [5, 5.41) is 3.29. The van der Waals surface area contributed by atoms with Gasteiger partial charge in [0.2, 0.25) is 0 Å². The van der Waals surface area contributed by atoms with Crippen molar-refractivity contribution in [3.8, 4) is 11.5 Å². The lowest BCUT2D eigenvalue weighted by atomic mass is 10.3. The van der Waals surface area contributed by atoms with Crippen LogP contribution in [0.3, 0.4) is 0 Å². The summed E-state index contributed by atoms with van der Waals surface area (Å²) < 4.78 is 12.4. The molecule has 1 fully saturated rings. The van der Waals surface area contributed by atoms with Crippen LogP contribution in [-0.4, -0.2) is 29.9 Å². The molecule has 2 heterocycles. The van der Waals surface area contributed by atoms with Gasteiger partial charge in [0.1, 0.15) is 17.2 Å². The van der Waals surface area contributed by atoms with Crippen LogP contribution in [0.4, 0.5) is 5.69 Å². The second kappa shape index (κ2) is 6.84. The molecular weight excluding hydrogens is 326 g/mol. The maximum Gasteiger partial charge on any atom is 0.264 e. The second-order valence-electron chi connectivity index (χ2n) is 5.06. The third-order valence-corrected chi connectivity index (χ3v) is 4.43. The molecule has 1 amide bonds. The quantitative estimate of drug-likeness (QED) is 0.867. The summed E-state index contributed by atoms with van der Waals surface area (Å²) in [5.41, 5.74) is 1.58. The maximum atomic E-state index is 12.1. The molecule has 24 heavy (non-hydrogen) atoms. The highest BCUT2D eigenvalue weighted by Crippen LogP contribution is 2.34. The van der Waals surface area contributed by atoms with Crippen LogP contribution < -0.4 is 14.8 Å². The summed E-state index contributed by atoms with van der Waals surface area (Å²) >= 11 is 1.30. The standard InChI is InChI=1S/C17H17N3O3S/c1-20-8-4-5-11(20)9-15-16(21)19-17(24-15)18-13-7-6-12(22-2)10-14(13)23-3/h4-10H,1-3H3,(H,18,19,21)/b15-9+. The van der Waals surface area contributed by atoms with Gasteiger partial charge in [0.25, 0.3) is 5.91 Å². The average molecular weight is 343 g/mol. The van der Waals surface area contributed by atoms with Gasteiger partial charge >= 0.3 is 0 Å². The molecule has 0 aliphatic carbocycles. The molecule has 0 bridgehead atoms. The number of ether oxygens (including phenoxy) is 2. The van der Waals surface area contributed by atoms with Gasteiger partial charge in [-0.05, 0) is 42.1 Å². The highest BCUT2D eigenvalue weighted by Gasteiger charge is 2.24. The fourth-order valence-corrected chi connectivity index (χ4v) is 3.05. The van der Waals surface area contributed by atoms with Crippen molar-refractivity contribution in [2.75, 3.05) is 14.2 Å².